The van der Waals surface area contributed by atoms with Gasteiger partial charge in [-0.25, -0.2) is 4.98 Å². The number of hydrogen-bond donors (Lipinski definition) is 2. The summed E-state index contributed by atoms with van der Waals surface area (Å²) in [4.78, 5) is 30.6. The monoisotopic (exact) mass is 387 g/mol. The van der Waals surface area contributed by atoms with E-state index in [1.165, 1.54) is 0 Å². The molecule has 2 aromatic heterocycles. The Bertz CT molecular complexity index is 1170. The van der Waals surface area contributed by atoms with Crippen molar-refractivity contribution in [3.8, 4) is 10.6 Å². The zero-order chi connectivity index (χ0) is 19.5. The first-order valence-electron chi connectivity index (χ1n) is 8.73. The Hall–Kier alpha value is -3.51. The van der Waals surface area contributed by atoms with E-state index in [1.54, 1.807) is 42.6 Å². The van der Waals surface area contributed by atoms with Crippen LogP contribution in [0.25, 0.3) is 21.5 Å². The number of carbonyl (C=O) groups excluding carboxylic acids is 2. The van der Waals surface area contributed by atoms with Gasteiger partial charge >= 0.3 is 0 Å². The van der Waals surface area contributed by atoms with Gasteiger partial charge in [-0.15, -0.1) is 11.3 Å². The summed E-state index contributed by atoms with van der Waals surface area (Å²) in [6.07, 6.45) is 0. The highest BCUT2D eigenvalue weighted by atomic mass is 32.1. The molecule has 0 aliphatic carbocycles. The number of pyridine rings is 1. The lowest BCUT2D eigenvalue weighted by molar-refractivity contribution is 0.0961. The zero-order valence-electron chi connectivity index (χ0n) is 15.1. The Labute approximate surface area is 166 Å². The molecule has 0 aliphatic rings. The van der Waals surface area contributed by atoms with Crippen LogP contribution < -0.4 is 10.6 Å². The highest BCUT2D eigenvalue weighted by molar-refractivity contribution is 7.13. The lowest BCUT2D eigenvalue weighted by Gasteiger charge is -2.11. The van der Waals surface area contributed by atoms with E-state index in [-0.39, 0.29) is 11.8 Å². The molecule has 5 nitrogen and oxygen atoms in total. The van der Waals surface area contributed by atoms with Crippen LogP contribution in [0.15, 0.2) is 72.1 Å². The molecule has 28 heavy (non-hydrogen) atoms. The molecule has 2 heterocycles. The van der Waals surface area contributed by atoms with Crippen LogP contribution in [0.2, 0.25) is 0 Å². The third-order valence-electron chi connectivity index (χ3n) is 4.34. The average Bonchev–Trinajstić information content (AvgIpc) is 3.27. The second-order valence-electron chi connectivity index (χ2n) is 6.16. The highest BCUT2D eigenvalue weighted by Crippen LogP contribution is 2.28. The van der Waals surface area contributed by atoms with E-state index in [4.69, 9.17) is 4.98 Å². The fourth-order valence-electron chi connectivity index (χ4n) is 2.99. The predicted octanol–water partition coefficient (Wildman–Crippen LogP) is 4.58. The number of anilines is 1. The van der Waals surface area contributed by atoms with E-state index < -0.39 is 0 Å². The number of hydrogen-bond acceptors (Lipinski definition) is 4. The maximum atomic E-state index is 13.1. The minimum Gasteiger partial charge on any atom is -0.355 e. The number of nitrogens with zero attached hydrogens (tertiary/aromatic N) is 1. The fraction of sp³-hybridized carbons (Fsp3) is 0.0455. The summed E-state index contributed by atoms with van der Waals surface area (Å²) in [7, 11) is 1.57. The summed E-state index contributed by atoms with van der Waals surface area (Å²) in [5.74, 6) is -0.448. The van der Waals surface area contributed by atoms with Crippen molar-refractivity contribution < 1.29 is 9.59 Å². The predicted molar refractivity (Wildman–Crippen MR) is 113 cm³/mol. The standard InChI is InChI=1S/C22H17N3O2S/c1-23-21(26)14-6-4-7-15(12-14)24-22(27)17-13-19(20-10-5-11-28-20)25-18-9-3-2-8-16(17)18/h2-13H,1H3,(H,23,26)(H,24,27). The van der Waals surface area contributed by atoms with Crippen molar-refractivity contribution in [1.29, 1.82) is 0 Å². The zero-order valence-corrected chi connectivity index (χ0v) is 15.9. The topological polar surface area (TPSA) is 71.1 Å². The van der Waals surface area contributed by atoms with Crippen LogP contribution in [-0.2, 0) is 0 Å². The van der Waals surface area contributed by atoms with Crippen LogP contribution >= 0.6 is 11.3 Å². The molecule has 0 spiro atoms. The van der Waals surface area contributed by atoms with E-state index in [0.717, 1.165) is 21.5 Å². The molecule has 0 atom stereocenters. The van der Waals surface area contributed by atoms with E-state index in [0.29, 0.717) is 16.8 Å². The summed E-state index contributed by atoms with van der Waals surface area (Å²) >= 11 is 1.58. The number of nitrogens with one attached hydrogen (secondary N) is 2. The van der Waals surface area contributed by atoms with Gasteiger partial charge in [-0.05, 0) is 41.8 Å². The van der Waals surface area contributed by atoms with Crippen LogP contribution in [-0.4, -0.2) is 23.8 Å². The summed E-state index contributed by atoms with van der Waals surface area (Å²) < 4.78 is 0. The Morgan fingerprint density at radius 1 is 0.929 bits per heavy atom. The van der Waals surface area contributed by atoms with Gasteiger partial charge in [0.2, 0.25) is 0 Å². The smallest absolute Gasteiger partial charge is 0.256 e. The average molecular weight is 387 g/mol. The number of rotatable bonds is 4. The molecule has 6 heteroatoms. The summed E-state index contributed by atoms with van der Waals surface area (Å²) in [5, 5.41) is 8.24. The van der Waals surface area contributed by atoms with Gasteiger partial charge in [-0.3, -0.25) is 9.59 Å². The van der Waals surface area contributed by atoms with Crippen molar-refractivity contribution >= 4 is 39.7 Å². The van der Waals surface area contributed by atoms with Gasteiger partial charge in [-0.1, -0.05) is 30.3 Å². The van der Waals surface area contributed by atoms with Crippen LogP contribution in [0.3, 0.4) is 0 Å². The largest absolute Gasteiger partial charge is 0.355 e. The lowest BCUT2D eigenvalue weighted by Crippen LogP contribution is -2.18. The Balaban J connectivity index is 1.74. The first-order valence-corrected chi connectivity index (χ1v) is 9.61. The molecule has 0 saturated carbocycles. The first-order chi connectivity index (χ1) is 13.7. The van der Waals surface area contributed by atoms with Crippen molar-refractivity contribution in [2.24, 2.45) is 0 Å². The van der Waals surface area contributed by atoms with Crippen LogP contribution in [0, 0.1) is 0 Å². The number of para-hydroxylation sites is 1. The number of fused-ring (bicyclic) bond motifs is 1. The van der Waals surface area contributed by atoms with Gasteiger partial charge in [-0.2, -0.15) is 0 Å². The molecule has 2 amide bonds. The lowest BCUT2D eigenvalue weighted by atomic mass is 10.1. The van der Waals surface area contributed by atoms with Crippen molar-refractivity contribution in [3.63, 3.8) is 0 Å². The maximum Gasteiger partial charge on any atom is 0.256 e. The molecular formula is C22H17N3O2S. The van der Waals surface area contributed by atoms with Crippen molar-refractivity contribution in [1.82, 2.24) is 10.3 Å². The SMILES string of the molecule is CNC(=O)c1cccc(NC(=O)c2cc(-c3cccs3)nc3ccccc23)c1. The van der Waals surface area contributed by atoms with Crippen LogP contribution in [0.1, 0.15) is 20.7 Å². The van der Waals surface area contributed by atoms with Gasteiger partial charge < -0.3 is 10.6 Å². The number of aromatic nitrogens is 1. The van der Waals surface area contributed by atoms with Gasteiger partial charge in [0, 0.05) is 23.7 Å². The second kappa shape index (κ2) is 7.62. The van der Waals surface area contributed by atoms with Gasteiger partial charge in [0.05, 0.1) is 21.7 Å². The molecule has 0 aliphatic heterocycles. The quantitative estimate of drug-likeness (QED) is 0.539. The Kier molecular flexibility index (Phi) is 4.87. The molecule has 4 rings (SSSR count). The summed E-state index contributed by atoms with van der Waals surface area (Å²) in [6, 6.07) is 20.2. The summed E-state index contributed by atoms with van der Waals surface area (Å²) in [6.45, 7) is 0. The maximum absolute atomic E-state index is 13.1. The molecule has 4 aromatic rings. The molecule has 2 aromatic carbocycles. The minimum atomic E-state index is -0.245. The fourth-order valence-corrected chi connectivity index (χ4v) is 3.68. The third kappa shape index (κ3) is 3.50. The minimum absolute atomic E-state index is 0.203. The molecule has 2 N–H and O–H groups in total. The Morgan fingerprint density at radius 2 is 1.79 bits per heavy atom. The van der Waals surface area contributed by atoms with E-state index in [1.807, 2.05) is 47.8 Å². The van der Waals surface area contributed by atoms with Crippen molar-refractivity contribution in [3.05, 3.63) is 83.2 Å². The normalized spacial score (nSPS) is 10.6. The van der Waals surface area contributed by atoms with E-state index in [9.17, 15) is 9.59 Å². The number of thiophene rings is 1. The van der Waals surface area contributed by atoms with Gasteiger partial charge in [0.1, 0.15) is 0 Å². The first kappa shape index (κ1) is 17.9. The summed E-state index contributed by atoms with van der Waals surface area (Å²) in [5.41, 5.74) is 3.11. The molecule has 0 fully saturated rings. The molecular weight excluding hydrogens is 370 g/mol. The molecule has 0 bridgehead atoms. The molecule has 0 unspecified atom stereocenters. The number of amides is 2. The number of benzene rings is 2. The van der Waals surface area contributed by atoms with Crippen molar-refractivity contribution in [2.45, 2.75) is 0 Å². The highest BCUT2D eigenvalue weighted by Gasteiger charge is 2.15. The van der Waals surface area contributed by atoms with Gasteiger partial charge in [0.15, 0.2) is 0 Å². The second-order valence-corrected chi connectivity index (χ2v) is 7.11. The van der Waals surface area contributed by atoms with Crippen LogP contribution in [0.4, 0.5) is 5.69 Å². The number of carbonyl (C=O) groups is 2. The van der Waals surface area contributed by atoms with Crippen LogP contribution in [0.5, 0.6) is 0 Å². The van der Waals surface area contributed by atoms with Crippen molar-refractivity contribution in [2.75, 3.05) is 12.4 Å². The third-order valence-corrected chi connectivity index (χ3v) is 5.24. The Morgan fingerprint density at radius 3 is 2.57 bits per heavy atom. The van der Waals surface area contributed by atoms with Gasteiger partial charge in [0.25, 0.3) is 11.8 Å². The molecule has 138 valence electrons. The van der Waals surface area contributed by atoms with E-state index in [2.05, 4.69) is 10.6 Å². The van der Waals surface area contributed by atoms with E-state index >= 15 is 0 Å². The molecule has 0 radical (unpaired) electrons. The molecule has 0 saturated heterocycles.